The summed E-state index contributed by atoms with van der Waals surface area (Å²) in [5.74, 6) is 0. The van der Waals surface area contributed by atoms with E-state index in [0.717, 1.165) is 0 Å². The summed E-state index contributed by atoms with van der Waals surface area (Å²) in [5, 5.41) is 6.88. The van der Waals surface area contributed by atoms with Crippen LogP contribution in [0.25, 0.3) is 0 Å². The average molecular weight is 262 g/mol. The zero-order valence-corrected chi connectivity index (χ0v) is 13.8. The molecule has 0 aliphatic carbocycles. The van der Waals surface area contributed by atoms with Gasteiger partial charge in [0, 0.05) is 11.6 Å². The van der Waals surface area contributed by atoms with Gasteiger partial charge < -0.3 is 10.6 Å². The maximum absolute atomic E-state index is 3.47. The van der Waals surface area contributed by atoms with Gasteiger partial charge in [-0.15, -0.1) is 0 Å². The molecule has 2 nitrogen and oxygen atoms in total. The van der Waals surface area contributed by atoms with Crippen LogP contribution in [-0.4, -0.2) is 19.6 Å². The zero-order valence-electron chi connectivity index (χ0n) is 13.8. The molecule has 0 heterocycles. The van der Waals surface area contributed by atoms with E-state index in [-0.39, 0.29) is 11.0 Å². The van der Waals surface area contributed by atoms with Crippen molar-refractivity contribution in [2.45, 2.75) is 58.5 Å². The molecule has 1 aromatic rings. The van der Waals surface area contributed by atoms with Crippen LogP contribution in [0.1, 0.15) is 57.4 Å². The fourth-order valence-electron chi connectivity index (χ4n) is 2.47. The summed E-state index contributed by atoms with van der Waals surface area (Å²) in [5.41, 5.74) is 4.31. The van der Waals surface area contributed by atoms with Gasteiger partial charge in [-0.3, -0.25) is 0 Å². The third kappa shape index (κ3) is 3.58. The lowest BCUT2D eigenvalue weighted by molar-refractivity contribution is 0.310. The summed E-state index contributed by atoms with van der Waals surface area (Å²) >= 11 is 0. The van der Waals surface area contributed by atoms with Crippen molar-refractivity contribution in [1.29, 1.82) is 0 Å². The molecule has 1 aromatic carbocycles. The Morgan fingerprint density at radius 1 is 1.00 bits per heavy atom. The van der Waals surface area contributed by atoms with E-state index < -0.39 is 0 Å². The van der Waals surface area contributed by atoms with E-state index in [0.29, 0.717) is 6.04 Å². The molecule has 0 aliphatic rings. The van der Waals surface area contributed by atoms with Gasteiger partial charge in [-0.05, 0) is 57.0 Å². The first-order valence-corrected chi connectivity index (χ1v) is 7.10. The maximum Gasteiger partial charge on any atom is 0.0499 e. The molecule has 0 fully saturated rings. The highest BCUT2D eigenvalue weighted by Crippen LogP contribution is 2.31. The summed E-state index contributed by atoms with van der Waals surface area (Å²) in [6, 6.07) is 7.14. The van der Waals surface area contributed by atoms with Crippen LogP contribution in [0, 0.1) is 6.92 Å². The van der Waals surface area contributed by atoms with E-state index in [1.807, 2.05) is 14.1 Å². The number of aryl methyl sites for hydroxylation is 1. The molecular weight excluding hydrogens is 232 g/mol. The third-order valence-electron chi connectivity index (χ3n) is 4.11. The van der Waals surface area contributed by atoms with Crippen LogP contribution >= 0.6 is 0 Å². The Morgan fingerprint density at radius 2 is 1.58 bits per heavy atom. The van der Waals surface area contributed by atoms with Crippen molar-refractivity contribution in [1.82, 2.24) is 10.6 Å². The largest absolute Gasteiger partial charge is 0.313 e. The van der Waals surface area contributed by atoms with Crippen molar-refractivity contribution >= 4 is 0 Å². The molecule has 0 aromatic heterocycles. The molecule has 2 N–H and O–H groups in total. The van der Waals surface area contributed by atoms with Crippen LogP contribution in [0.2, 0.25) is 0 Å². The summed E-state index contributed by atoms with van der Waals surface area (Å²) in [7, 11) is 4.06. The number of hydrogen-bond acceptors (Lipinski definition) is 2. The molecule has 0 saturated carbocycles. The lowest BCUT2D eigenvalue weighted by Gasteiger charge is -2.36. The van der Waals surface area contributed by atoms with Crippen LogP contribution in [0.15, 0.2) is 18.2 Å². The van der Waals surface area contributed by atoms with Gasteiger partial charge in [0.15, 0.2) is 0 Å². The van der Waals surface area contributed by atoms with Crippen LogP contribution in [-0.2, 0) is 5.41 Å². The van der Waals surface area contributed by atoms with Crippen molar-refractivity contribution in [2.24, 2.45) is 0 Å². The molecule has 0 radical (unpaired) electrons. The van der Waals surface area contributed by atoms with E-state index in [1.54, 1.807) is 0 Å². The highest BCUT2D eigenvalue weighted by atomic mass is 15.0. The van der Waals surface area contributed by atoms with E-state index in [1.165, 1.54) is 16.7 Å². The number of benzene rings is 1. The second kappa shape index (κ2) is 5.64. The Morgan fingerprint density at radius 3 is 2.00 bits per heavy atom. The molecule has 1 unspecified atom stereocenters. The van der Waals surface area contributed by atoms with E-state index in [2.05, 4.69) is 70.4 Å². The molecule has 0 amide bonds. The maximum atomic E-state index is 3.47. The first-order valence-electron chi connectivity index (χ1n) is 7.10. The van der Waals surface area contributed by atoms with E-state index >= 15 is 0 Å². The molecule has 1 rings (SSSR count). The van der Waals surface area contributed by atoms with Gasteiger partial charge >= 0.3 is 0 Å². The second-order valence-corrected chi connectivity index (χ2v) is 7.01. The second-order valence-electron chi connectivity index (χ2n) is 7.01. The molecular formula is C17H30N2. The minimum Gasteiger partial charge on any atom is -0.313 e. The fourth-order valence-corrected chi connectivity index (χ4v) is 2.47. The number of hydrogen-bond donors (Lipinski definition) is 2. The van der Waals surface area contributed by atoms with Crippen molar-refractivity contribution in [3.8, 4) is 0 Å². The Labute approximate surface area is 119 Å². The average Bonchev–Trinajstić information content (AvgIpc) is 2.30. The summed E-state index contributed by atoms with van der Waals surface area (Å²) in [4.78, 5) is 0. The summed E-state index contributed by atoms with van der Waals surface area (Å²) in [6.07, 6.45) is 0. The standard InChI is InChI=1S/C17H30N2/c1-12-9-10-13(16(2,3)4)11-14(12)15(18-7)17(5,6)19-8/h9-11,15,18-19H,1-8H3. The van der Waals surface area contributed by atoms with Gasteiger partial charge in [0.25, 0.3) is 0 Å². The van der Waals surface area contributed by atoms with Crippen molar-refractivity contribution in [2.75, 3.05) is 14.1 Å². The third-order valence-corrected chi connectivity index (χ3v) is 4.11. The molecule has 19 heavy (non-hydrogen) atoms. The SMILES string of the molecule is CNC(c1cc(C(C)(C)C)ccc1C)C(C)(C)NC. The monoisotopic (exact) mass is 262 g/mol. The van der Waals surface area contributed by atoms with Crippen LogP contribution in [0.5, 0.6) is 0 Å². The van der Waals surface area contributed by atoms with Gasteiger partial charge in [-0.1, -0.05) is 39.0 Å². The topological polar surface area (TPSA) is 24.1 Å². The van der Waals surface area contributed by atoms with Gasteiger partial charge in [-0.25, -0.2) is 0 Å². The van der Waals surface area contributed by atoms with Gasteiger partial charge in [0.05, 0.1) is 0 Å². The Hall–Kier alpha value is -0.860. The Kier molecular flexibility index (Phi) is 4.81. The van der Waals surface area contributed by atoms with E-state index in [4.69, 9.17) is 0 Å². The minimum absolute atomic E-state index is 0.00994. The van der Waals surface area contributed by atoms with Gasteiger partial charge in [-0.2, -0.15) is 0 Å². The molecule has 1 atom stereocenters. The van der Waals surface area contributed by atoms with Gasteiger partial charge in [0.2, 0.25) is 0 Å². The fraction of sp³-hybridized carbons (Fsp3) is 0.647. The lowest BCUT2D eigenvalue weighted by Crippen LogP contribution is -2.47. The summed E-state index contributed by atoms with van der Waals surface area (Å²) < 4.78 is 0. The zero-order chi connectivity index (χ0) is 14.8. The van der Waals surface area contributed by atoms with Crippen molar-refractivity contribution in [3.63, 3.8) is 0 Å². The Bertz CT molecular complexity index is 427. The molecule has 0 aliphatic heterocycles. The minimum atomic E-state index is 0.00994. The number of nitrogens with one attached hydrogen (secondary N) is 2. The molecule has 2 heteroatoms. The van der Waals surface area contributed by atoms with Gasteiger partial charge in [0.1, 0.15) is 0 Å². The molecule has 0 spiro atoms. The molecule has 0 saturated heterocycles. The predicted octanol–water partition coefficient (Wildman–Crippen LogP) is 3.55. The Balaban J connectivity index is 3.32. The lowest BCUT2D eigenvalue weighted by atomic mass is 9.81. The van der Waals surface area contributed by atoms with Crippen LogP contribution < -0.4 is 10.6 Å². The van der Waals surface area contributed by atoms with E-state index in [9.17, 15) is 0 Å². The number of rotatable bonds is 4. The highest BCUT2D eigenvalue weighted by molar-refractivity contribution is 5.38. The highest BCUT2D eigenvalue weighted by Gasteiger charge is 2.29. The smallest absolute Gasteiger partial charge is 0.0499 e. The first-order chi connectivity index (χ1) is 8.63. The van der Waals surface area contributed by atoms with Crippen LogP contribution in [0.3, 0.4) is 0 Å². The van der Waals surface area contributed by atoms with Crippen molar-refractivity contribution < 1.29 is 0 Å². The number of likely N-dealkylation sites (N-methyl/N-ethyl adjacent to an activating group) is 2. The molecule has 108 valence electrons. The molecule has 0 bridgehead atoms. The predicted molar refractivity (Wildman–Crippen MR) is 84.8 cm³/mol. The normalized spacial score (nSPS) is 14.5. The first kappa shape index (κ1) is 16.2. The summed E-state index contributed by atoms with van der Waals surface area (Å²) in [6.45, 7) is 13.4. The van der Waals surface area contributed by atoms with Crippen LogP contribution in [0.4, 0.5) is 0 Å². The van der Waals surface area contributed by atoms with Crippen molar-refractivity contribution in [3.05, 3.63) is 34.9 Å². The quantitative estimate of drug-likeness (QED) is 0.867.